The SMILES string of the molecule is CNCC1CCN(S(=O)(=O)c2cc(F)c(Br)cc2OC)CC1.Cl. The fraction of sp³-hybridized carbons (Fsp3) is 0.571. The second kappa shape index (κ2) is 8.62. The molecule has 0 aromatic heterocycles. The van der Waals surface area contributed by atoms with E-state index in [2.05, 4.69) is 21.2 Å². The normalized spacial score (nSPS) is 16.9. The number of hydrogen-bond donors (Lipinski definition) is 1. The maximum absolute atomic E-state index is 13.8. The number of hydrogen-bond acceptors (Lipinski definition) is 4. The maximum Gasteiger partial charge on any atom is 0.246 e. The fourth-order valence-corrected chi connectivity index (χ4v) is 4.59. The summed E-state index contributed by atoms with van der Waals surface area (Å²) in [6, 6.07) is 2.36. The fourth-order valence-electron chi connectivity index (χ4n) is 2.65. The van der Waals surface area contributed by atoms with Crippen LogP contribution in [-0.4, -0.2) is 46.5 Å². The predicted octanol–water partition coefficient (Wildman–Crippen LogP) is 2.64. The molecule has 0 saturated carbocycles. The quantitative estimate of drug-likeness (QED) is 0.779. The van der Waals surface area contributed by atoms with E-state index in [-0.39, 0.29) is 27.5 Å². The van der Waals surface area contributed by atoms with Crippen molar-refractivity contribution >= 4 is 38.4 Å². The van der Waals surface area contributed by atoms with Crippen molar-refractivity contribution in [2.75, 3.05) is 33.8 Å². The van der Waals surface area contributed by atoms with E-state index in [9.17, 15) is 12.8 Å². The van der Waals surface area contributed by atoms with Crippen LogP contribution in [-0.2, 0) is 10.0 Å². The Hall–Kier alpha value is -0.410. The topological polar surface area (TPSA) is 58.6 Å². The highest BCUT2D eigenvalue weighted by Crippen LogP contribution is 2.33. The van der Waals surface area contributed by atoms with E-state index in [1.54, 1.807) is 0 Å². The summed E-state index contributed by atoms with van der Waals surface area (Å²) in [5, 5.41) is 3.11. The molecule has 0 unspecified atom stereocenters. The van der Waals surface area contributed by atoms with Crippen LogP contribution < -0.4 is 10.1 Å². The van der Waals surface area contributed by atoms with Crippen molar-refractivity contribution in [3.05, 3.63) is 22.4 Å². The summed E-state index contributed by atoms with van der Waals surface area (Å²) in [4.78, 5) is -0.122. The minimum absolute atomic E-state index is 0. The van der Waals surface area contributed by atoms with Crippen LogP contribution in [0.4, 0.5) is 4.39 Å². The largest absolute Gasteiger partial charge is 0.495 e. The summed E-state index contributed by atoms with van der Waals surface area (Å²) >= 11 is 3.04. The lowest BCUT2D eigenvalue weighted by molar-refractivity contribution is 0.270. The Morgan fingerprint density at radius 1 is 1.39 bits per heavy atom. The van der Waals surface area contributed by atoms with E-state index >= 15 is 0 Å². The first-order valence-corrected chi connectivity index (χ1v) is 9.31. The molecule has 132 valence electrons. The molecule has 0 amide bonds. The van der Waals surface area contributed by atoms with Crippen LogP contribution in [0.1, 0.15) is 12.8 Å². The van der Waals surface area contributed by atoms with Crippen molar-refractivity contribution in [3.63, 3.8) is 0 Å². The van der Waals surface area contributed by atoms with E-state index in [1.165, 1.54) is 17.5 Å². The van der Waals surface area contributed by atoms with Gasteiger partial charge in [0.2, 0.25) is 10.0 Å². The zero-order chi connectivity index (χ0) is 16.3. The molecule has 23 heavy (non-hydrogen) atoms. The molecule has 1 aromatic carbocycles. The maximum atomic E-state index is 13.8. The van der Waals surface area contributed by atoms with Gasteiger partial charge in [-0.3, -0.25) is 0 Å². The third kappa shape index (κ3) is 4.57. The van der Waals surface area contributed by atoms with Crippen molar-refractivity contribution in [2.45, 2.75) is 17.7 Å². The van der Waals surface area contributed by atoms with Crippen molar-refractivity contribution in [2.24, 2.45) is 5.92 Å². The molecule has 1 aromatic rings. The molecule has 1 N–H and O–H groups in total. The van der Waals surface area contributed by atoms with Gasteiger partial charge >= 0.3 is 0 Å². The average molecular weight is 432 g/mol. The number of piperidine rings is 1. The number of nitrogens with zero attached hydrogens (tertiary/aromatic N) is 1. The third-order valence-corrected chi connectivity index (χ3v) is 6.42. The van der Waals surface area contributed by atoms with Crippen molar-refractivity contribution in [1.82, 2.24) is 9.62 Å². The van der Waals surface area contributed by atoms with Crippen molar-refractivity contribution in [1.29, 1.82) is 0 Å². The van der Waals surface area contributed by atoms with Gasteiger partial charge in [0, 0.05) is 13.1 Å². The summed E-state index contributed by atoms with van der Waals surface area (Å²) in [5.41, 5.74) is 0. The second-order valence-electron chi connectivity index (χ2n) is 5.32. The van der Waals surface area contributed by atoms with Crippen LogP contribution in [0.5, 0.6) is 5.75 Å². The van der Waals surface area contributed by atoms with Gasteiger partial charge in [0.25, 0.3) is 0 Å². The molecule has 1 saturated heterocycles. The van der Waals surface area contributed by atoms with E-state index in [0.29, 0.717) is 19.0 Å². The number of benzene rings is 1. The van der Waals surface area contributed by atoms with Crippen LogP contribution in [0.3, 0.4) is 0 Å². The molecule has 0 radical (unpaired) electrons. The van der Waals surface area contributed by atoms with E-state index < -0.39 is 15.8 Å². The number of sulfonamides is 1. The molecular weight excluding hydrogens is 411 g/mol. The van der Waals surface area contributed by atoms with Crippen LogP contribution in [0.25, 0.3) is 0 Å². The minimum Gasteiger partial charge on any atom is -0.495 e. The Bertz CT molecular complexity index is 637. The molecule has 0 spiro atoms. The molecule has 5 nitrogen and oxygen atoms in total. The van der Waals surface area contributed by atoms with Crippen molar-refractivity contribution in [3.8, 4) is 5.75 Å². The number of nitrogens with one attached hydrogen (secondary N) is 1. The first kappa shape index (κ1) is 20.6. The lowest BCUT2D eigenvalue weighted by Gasteiger charge is -2.31. The minimum atomic E-state index is -3.76. The van der Waals surface area contributed by atoms with Crippen LogP contribution in [0.2, 0.25) is 0 Å². The first-order valence-electron chi connectivity index (χ1n) is 7.08. The number of halogens is 3. The zero-order valence-electron chi connectivity index (χ0n) is 13.0. The predicted molar refractivity (Wildman–Crippen MR) is 93.3 cm³/mol. The molecule has 1 aliphatic heterocycles. The molecule has 0 aliphatic carbocycles. The van der Waals surface area contributed by atoms with Gasteiger partial charge in [0.1, 0.15) is 16.5 Å². The smallest absolute Gasteiger partial charge is 0.246 e. The Labute approximate surface area is 151 Å². The number of rotatable bonds is 5. The second-order valence-corrected chi connectivity index (χ2v) is 8.08. The van der Waals surface area contributed by atoms with Crippen molar-refractivity contribution < 1.29 is 17.5 Å². The van der Waals surface area contributed by atoms with Crippen LogP contribution >= 0.6 is 28.3 Å². The molecular formula is C14H21BrClFN2O3S. The molecule has 1 fully saturated rings. The Morgan fingerprint density at radius 2 is 2.00 bits per heavy atom. The highest BCUT2D eigenvalue weighted by Gasteiger charge is 2.32. The lowest BCUT2D eigenvalue weighted by Crippen LogP contribution is -2.40. The van der Waals surface area contributed by atoms with Gasteiger partial charge in [-0.25, -0.2) is 12.8 Å². The summed E-state index contributed by atoms with van der Waals surface area (Å²) in [6.45, 7) is 1.76. The Balaban J connectivity index is 0.00000264. The third-order valence-electron chi connectivity index (χ3n) is 3.89. The van der Waals surface area contributed by atoms with Gasteiger partial charge in [-0.05, 0) is 60.4 Å². The van der Waals surface area contributed by atoms with Gasteiger partial charge in [0.05, 0.1) is 11.6 Å². The average Bonchev–Trinajstić information content (AvgIpc) is 2.50. The summed E-state index contributed by atoms with van der Waals surface area (Å²) < 4.78 is 45.9. The molecule has 9 heteroatoms. The molecule has 1 heterocycles. The van der Waals surface area contributed by atoms with Gasteiger partial charge < -0.3 is 10.1 Å². The lowest BCUT2D eigenvalue weighted by atomic mass is 9.98. The highest BCUT2D eigenvalue weighted by atomic mass is 79.9. The summed E-state index contributed by atoms with van der Waals surface area (Å²) in [6.07, 6.45) is 1.59. The summed E-state index contributed by atoms with van der Waals surface area (Å²) in [7, 11) is -0.495. The monoisotopic (exact) mass is 430 g/mol. The Kier molecular flexibility index (Phi) is 7.73. The summed E-state index contributed by atoms with van der Waals surface area (Å²) in [5.74, 6) is -0.00457. The van der Waals surface area contributed by atoms with Crippen LogP contribution in [0.15, 0.2) is 21.5 Å². The van der Waals surface area contributed by atoms with E-state index in [0.717, 1.165) is 25.5 Å². The van der Waals surface area contributed by atoms with Crippen LogP contribution in [0, 0.1) is 11.7 Å². The molecule has 0 bridgehead atoms. The highest BCUT2D eigenvalue weighted by molar-refractivity contribution is 9.10. The first-order chi connectivity index (χ1) is 10.4. The van der Waals surface area contributed by atoms with Gasteiger partial charge in [0.15, 0.2) is 0 Å². The van der Waals surface area contributed by atoms with Gasteiger partial charge in [-0.1, -0.05) is 0 Å². The molecule has 2 rings (SSSR count). The zero-order valence-corrected chi connectivity index (χ0v) is 16.2. The van der Waals surface area contributed by atoms with E-state index in [1.807, 2.05) is 7.05 Å². The van der Waals surface area contributed by atoms with E-state index in [4.69, 9.17) is 4.74 Å². The molecule has 1 aliphatic rings. The standard InChI is InChI=1S/C14H20BrFN2O3S.ClH/c1-17-9-10-3-5-18(6-4-10)22(19,20)14-8-12(16)11(15)7-13(14)21-2;/h7-8,10,17H,3-6,9H2,1-2H3;1H. The molecule has 0 atom stereocenters. The Morgan fingerprint density at radius 3 is 2.52 bits per heavy atom. The number of ether oxygens (including phenoxy) is 1. The van der Waals surface area contributed by atoms with Gasteiger partial charge in [-0.2, -0.15) is 4.31 Å². The number of methoxy groups -OCH3 is 1. The van der Waals surface area contributed by atoms with Gasteiger partial charge in [-0.15, -0.1) is 12.4 Å².